The van der Waals surface area contributed by atoms with Crippen molar-refractivity contribution in [2.75, 3.05) is 0 Å². The second kappa shape index (κ2) is 3.10. The molecule has 0 saturated heterocycles. The summed E-state index contributed by atoms with van der Waals surface area (Å²) in [5.41, 5.74) is 2.60. The fourth-order valence-corrected chi connectivity index (χ4v) is 1.32. The molecule has 0 radical (unpaired) electrons. The number of aromatic nitrogens is 4. The molecular formula is C9H10N4O. The zero-order valence-corrected chi connectivity index (χ0v) is 7.98. The normalized spacial score (nSPS) is 10.4. The molecule has 0 atom stereocenters. The fourth-order valence-electron chi connectivity index (χ4n) is 1.32. The summed E-state index contributed by atoms with van der Waals surface area (Å²) >= 11 is 0. The van der Waals surface area contributed by atoms with Crippen molar-refractivity contribution < 1.29 is 0 Å². The van der Waals surface area contributed by atoms with Gasteiger partial charge in [0.25, 0.3) is 0 Å². The van der Waals surface area contributed by atoms with E-state index in [0.29, 0.717) is 0 Å². The first kappa shape index (κ1) is 8.68. The molecule has 72 valence electrons. The molecule has 0 fully saturated rings. The Hall–Kier alpha value is -1.91. The maximum Gasteiger partial charge on any atom is 0.365 e. The van der Waals surface area contributed by atoms with E-state index in [1.54, 1.807) is 0 Å². The second-order valence-electron chi connectivity index (χ2n) is 3.14. The molecule has 0 spiro atoms. The average Bonchev–Trinajstić information content (AvgIpc) is 2.57. The molecule has 2 aromatic rings. The molecule has 0 aliphatic heterocycles. The summed E-state index contributed by atoms with van der Waals surface area (Å²) in [6.07, 6.45) is 0. The van der Waals surface area contributed by atoms with Crippen LogP contribution in [-0.4, -0.2) is 20.2 Å². The van der Waals surface area contributed by atoms with Crippen LogP contribution in [0.15, 0.2) is 23.0 Å². The Bertz CT molecular complexity index is 512. The molecule has 0 bridgehead atoms. The van der Waals surface area contributed by atoms with Gasteiger partial charge in [-0.1, -0.05) is 12.1 Å². The SMILES string of the molecule is Cc1cccc(-n2nn[nH]c2=O)c1C. The molecule has 14 heavy (non-hydrogen) atoms. The van der Waals surface area contributed by atoms with E-state index >= 15 is 0 Å². The number of benzene rings is 1. The van der Waals surface area contributed by atoms with E-state index in [0.717, 1.165) is 16.8 Å². The summed E-state index contributed by atoms with van der Waals surface area (Å²) in [6.45, 7) is 3.94. The molecule has 1 aromatic heterocycles. The van der Waals surface area contributed by atoms with Crippen LogP contribution in [0.5, 0.6) is 0 Å². The lowest BCUT2D eigenvalue weighted by atomic mass is 10.1. The lowest BCUT2D eigenvalue weighted by Crippen LogP contribution is -2.17. The van der Waals surface area contributed by atoms with Gasteiger partial charge in [0.1, 0.15) is 0 Å². The van der Waals surface area contributed by atoms with Crippen LogP contribution in [0.4, 0.5) is 0 Å². The highest BCUT2D eigenvalue weighted by molar-refractivity contribution is 5.43. The molecule has 0 saturated carbocycles. The smallest absolute Gasteiger partial charge is 0.244 e. The van der Waals surface area contributed by atoms with Gasteiger partial charge < -0.3 is 0 Å². The highest BCUT2D eigenvalue weighted by atomic mass is 16.2. The van der Waals surface area contributed by atoms with Gasteiger partial charge in [-0.25, -0.2) is 9.89 Å². The number of aryl methyl sites for hydroxylation is 1. The number of hydrogen-bond acceptors (Lipinski definition) is 3. The topological polar surface area (TPSA) is 63.6 Å². The third-order valence-electron chi connectivity index (χ3n) is 2.28. The third kappa shape index (κ3) is 1.22. The molecule has 5 nitrogen and oxygen atoms in total. The Morgan fingerprint density at radius 1 is 1.36 bits per heavy atom. The predicted octanol–water partition coefficient (Wildman–Crippen LogP) is 0.572. The predicted molar refractivity (Wildman–Crippen MR) is 51.5 cm³/mol. The minimum absolute atomic E-state index is 0.321. The molecule has 0 unspecified atom stereocenters. The van der Waals surface area contributed by atoms with Crippen molar-refractivity contribution in [2.24, 2.45) is 0 Å². The van der Waals surface area contributed by atoms with Crippen LogP contribution in [0.2, 0.25) is 0 Å². The average molecular weight is 190 g/mol. The maximum atomic E-state index is 11.3. The van der Waals surface area contributed by atoms with Gasteiger partial charge in [0.05, 0.1) is 5.69 Å². The molecule has 0 aliphatic rings. The van der Waals surface area contributed by atoms with Crippen molar-refractivity contribution in [3.63, 3.8) is 0 Å². The van der Waals surface area contributed by atoms with Crippen LogP contribution in [0.25, 0.3) is 5.69 Å². The van der Waals surface area contributed by atoms with Crippen molar-refractivity contribution in [1.82, 2.24) is 20.2 Å². The van der Waals surface area contributed by atoms with Crippen LogP contribution in [-0.2, 0) is 0 Å². The van der Waals surface area contributed by atoms with Crippen molar-refractivity contribution in [3.05, 3.63) is 39.8 Å². The number of aromatic amines is 1. The van der Waals surface area contributed by atoms with Crippen LogP contribution in [0.1, 0.15) is 11.1 Å². The Labute approximate surface area is 80.4 Å². The van der Waals surface area contributed by atoms with E-state index < -0.39 is 0 Å². The van der Waals surface area contributed by atoms with E-state index in [-0.39, 0.29) is 5.69 Å². The van der Waals surface area contributed by atoms with Gasteiger partial charge in [0.15, 0.2) is 0 Å². The van der Waals surface area contributed by atoms with Crippen LogP contribution in [0.3, 0.4) is 0 Å². The number of nitrogens with zero attached hydrogens (tertiary/aromatic N) is 3. The summed E-state index contributed by atoms with van der Waals surface area (Å²) in [4.78, 5) is 11.3. The first-order valence-electron chi connectivity index (χ1n) is 4.27. The van der Waals surface area contributed by atoms with E-state index in [9.17, 15) is 4.79 Å². The van der Waals surface area contributed by atoms with Crippen LogP contribution >= 0.6 is 0 Å². The summed E-state index contributed by atoms with van der Waals surface area (Å²) in [5.74, 6) is 0. The zero-order chi connectivity index (χ0) is 10.1. The Kier molecular flexibility index (Phi) is 1.92. The first-order chi connectivity index (χ1) is 6.70. The Morgan fingerprint density at radius 3 is 2.79 bits per heavy atom. The molecule has 1 heterocycles. The number of tetrazole rings is 1. The zero-order valence-electron chi connectivity index (χ0n) is 7.98. The Balaban J connectivity index is 2.69. The molecule has 0 amide bonds. The maximum absolute atomic E-state index is 11.3. The van der Waals surface area contributed by atoms with Gasteiger partial charge in [0.2, 0.25) is 0 Å². The lowest BCUT2D eigenvalue weighted by Gasteiger charge is -2.05. The summed E-state index contributed by atoms with van der Waals surface area (Å²) in [7, 11) is 0. The fraction of sp³-hybridized carbons (Fsp3) is 0.222. The highest BCUT2D eigenvalue weighted by Gasteiger charge is 2.06. The van der Waals surface area contributed by atoms with Gasteiger partial charge >= 0.3 is 5.69 Å². The van der Waals surface area contributed by atoms with Crippen LogP contribution in [0, 0.1) is 13.8 Å². The number of rotatable bonds is 1. The van der Waals surface area contributed by atoms with E-state index in [1.165, 1.54) is 4.68 Å². The monoisotopic (exact) mass is 190 g/mol. The van der Waals surface area contributed by atoms with Gasteiger partial charge in [-0.15, -0.1) is 0 Å². The van der Waals surface area contributed by atoms with Crippen molar-refractivity contribution >= 4 is 0 Å². The van der Waals surface area contributed by atoms with Crippen molar-refractivity contribution in [2.45, 2.75) is 13.8 Å². The van der Waals surface area contributed by atoms with Gasteiger partial charge in [-0.3, -0.25) is 0 Å². The molecule has 2 rings (SSSR count). The largest absolute Gasteiger partial charge is 0.365 e. The second-order valence-corrected chi connectivity index (χ2v) is 3.14. The van der Waals surface area contributed by atoms with E-state index in [4.69, 9.17) is 0 Å². The first-order valence-corrected chi connectivity index (χ1v) is 4.27. The number of H-pyrrole nitrogens is 1. The summed E-state index contributed by atoms with van der Waals surface area (Å²) in [5, 5.41) is 9.39. The molecule has 1 N–H and O–H groups in total. The van der Waals surface area contributed by atoms with Crippen molar-refractivity contribution in [1.29, 1.82) is 0 Å². The standard InChI is InChI=1S/C9H10N4O/c1-6-4-3-5-8(7(6)2)13-9(14)10-11-12-13/h3-5H,1-2H3,(H,10,12,14). The third-order valence-corrected chi connectivity index (χ3v) is 2.28. The van der Waals surface area contributed by atoms with Gasteiger partial charge in [0, 0.05) is 0 Å². The van der Waals surface area contributed by atoms with Crippen LogP contribution < -0.4 is 5.69 Å². The summed E-state index contributed by atoms with van der Waals surface area (Å²) in [6, 6.07) is 5.72. The van der Waals surface area contributed by atoms with Gasteiger partial charge in [-0.2, -0.15) is 4.68 Å². The van der Waals surface area contributed by atoms with Gasteiger partial charge in [-0.05, 0) is 41.5 Å². The molecule has 5 heteroatoms. The molecular weight excluding hydrogens is 180 g/mol. The molecule has 1 aromatic carbocycles. The highest BCUT2D eigenvalue weighted by Crippen LogP contribution is 2.14. The number of nitrogens with one attached hydrogen (secondary N) is 1. The number of hydrogen-bond donors (Lipinski definition) is 1. The minimum Gasteiger partial charge on any atom is -0.244 e. The molecule has 0 aliphatic carbocycles. The lowest BCUT2D eigenvalue weighted by molar-refractivity contribution is 0.774. The quantitative estimate of drug-likeness (QED) is 0.715. The Morgan fingerprint density at radius 2 is 2.14 bits per heavy atom. The van der Waals surface area contributed by atoms with E-state index in [1.807, 2.05) is 32.0 Å². The minimum atomic E-state index is -0.321. The summed E-state index contributed by atoms with van der Waals surface area (Å²) < 4.78 is 1.25. The van der Waals surface area contributed by atoms with E-state index in [2.05, 4.69) is 15.5 Å². The van der Waals surface area contributed by atoms with Crippen molar-refractivity contribution in [3.8, 4) is 5.69 Å².